The Morgan fingerprint density at radius 1 is 1.05 bits per heavy atom. The molecule has 3 rings (SSSR count). The Balaban J connectivity index is 2.17. The van der Waals surface area contributed by atoms with E-state index in [4.69, 9.17) is 0 Å². The van der Waals surface area contributed by atoms with E-state index in [9.17, 15) is 18.0 Å². The van der Waals surface area contributed by atoms with Crippen molar-refractivity contribution in [2.45, 2.75) is 13.1 Å². The highest BCUT2D eigenvalue weighted by molar-refractivity contribution is 5.83. The van der Waals surface area contributed by atoms with Gasteiger partial charge in [0.15, 0.2) is 0 Å². The Morgan fingerprint density at radius 3 is 2.50 bits per heavy atom. The minimum absolute atomic E-state index is 0.309. The predicted molar refractivity (Wildman–Crippen MR) is 77.5 cm³/mol. The lowest BCUT2D eigenvalue weighted by Gasteiger charge is -2.09. The number of hydrogen-bond acceptors (Lipinski definition) is 2. The number of aromatic amines is 1. The highest BCUT2D eigenvalue weighted by Crippen LogP contribution is 2.32. The van der Waals surface area contributed by atoms with E-state index in [-0.39, 0.29) is 5.56 Å². The molecular formula is C16H11F3N2O. The Kier molecular flexibility index (Phi) is 3.24. The van der Waals surface area contributed by atoms with Crippen LogP contribution < -0.4 is 5.56 Å². The largest absolute Gasteiger partial charge is 0.416 e. The van der Waals surface area contributed by atoms with Crippen molar-refractivity contribution in [3.63, 3.8) is 0 Å². The maximum Gasteiger partial charge on any atom is 0.416 e. The topological polar surface area (TPSA) is 45.8 Å². The number of rotatable bonds is 1. The summed E-state index contributed by atoms with van der Waals surface area (Å²) in [5.41, 5.74) is 0.417. The van der Waals surface area contributed by atoms with Crippen LogP contribution in [0.25, 0.3) is 22.0 Å². The Bertz CT molecular complexity index is 913. The van der Waals surface area contributed by atoms with Crippen molar-refractivity contribution < 1.29 is 13.2 Å². The van der Waals surface area contributed by atoms with Crippen LogP contribution in [0.2, 0.25) is 0 Å². The van der Waals surface area contributed by atoms with Crippen molar-refractivity contribution in [2.75, 3.05) is 0 Å². The van der Waals surface area contributed by atoms with Crippen LogP contribution in [-0.2, 0) is 6.18 Å². The van der Waals surface area contributed by atoms with E-state index < -0.39 is 11.7 Å². The number of fused-ring (bicyclic) bond motifs is 1. The number of aromatic nitrogens is 2. The predicted octanol–water partition coefficient (Wildman–Crippen LogP) is 3.92. The van der Waals surface area contributed by atoms with Crippen LogP contribution in [0.3, 0.4) is 0 Å². The number of halogens is 3. The van der Waals surface area contributed by atoms with Gasteiger partial charge in [-0.3, -0.25) is 4.79 Å². The molecule has 1 heterocycles. The van der Waals surface area contributed by atoms with E-state index in [1.807, 2.05) is 0 Å². The zero-order chi connectivity index (χ0) is 15.9. The molecule has 22 heavy (non-hydrogen) atoms. The molecule has 0 amide bonds. The van der Waals surface area contributed by atoms with Crippen molar-refractivity contribution in [2.24, 2.45) is 0 Å². The average molecular weight is 304 g/mol. The highest BCUT2D eigenvalue weighted by atomic mass is 19.4. The molecule has 0 saturated carbocycles. The fraction of sp³-hybridized carbons (Fsp3) is 0.125. The number of nitrogens with one attached hydrogen (secondary N) is 1. The van der Waals surface area contributed by atoms with Crippen LogP contribution in [0.15, 0.2) is 47.3 Å². The number of aryl methyl sites for hydroxylation is 1. The second-order valence-electron chi connectivity index (χ2n) is 4.96. The van der Waals surface area contributed by atoms with Crippen LogP contribution in [0.4, 0.5) is 13.2 Å². The number of H-pyrrole nitrogens is 1. The van der Waals surface area contributed by atoms with Gasteiger partial charge in [-0.15, -0.1) is 0 Å². The molecule has 0 fully saturated rings. The molecular weight excluding hydrogens is 293 g/mol. The highest BCUT2D eigenvalue weighted by Gasteiger charge is 2.30. The quantitative estimate of drug-likeness (QED) is 0.740. The van der Waals surface area contributed by atoms with Crippen molar-refractivity contribution >= 4 is 10.9 Å². The molecule has 0 aliphatic carbocycles. The van der Waals surface area contributed by atoms with E-state index in [1.54, 1.807) is 31.2 Å². The van der Waals surface area contributed by atoms with Crippen LogP contribution >= 0.6 is 0 Å². The van der Waals surface area contributed by atoms with Gasteiger partial charge in [-0.1, -0.05) is 18.2 Å². The lowest BCUT2D eigenvalue weighted by atomic mass is 10.0. The van der Waals surface area contributed by atoms with Gasteiger partial charge in [0.25, 0.3) is 5.56 Å². The molecule has 112 valence electrons. The van der Waals surface area contributed by atoms with Crippen molar-refractivity contribution in [3.8, 4) is 11.1 Å². The Morgan fingerprint density at radius 2 is 1.77 bits per heavy atom. The fourth-order valence-corrected chi connectivity index (χ4v) is 2.31. The maximum atomic E-state index is 12.8. The second kappa shape index (κ2) is 4.98. The van der Waals surface area contributed by atoms with E-state index in [0.717, 1.165) is 12.1 Å². The summed E-state index contributed by atoms with van der Waals surface area (Å²) >= 11 is 0. The van der Waals surface area contributed by atoms with Gasteiger partial charge >= 0.3 is 6.18 Å². The first-order valence-electron chi connectivity index (χ1n) is 6.53. The molecule has 0 atom stereocenters. The molecule has 0 radical (unpaired) electrons. The Labute approximate surface area is 123 Å². The van der Waals surface area contributed by atoms with Gasteiger partial charge in [-0.25, -0.2) is 4.98 Å². The van der Waals surface area contributed by atoms with Crippen molar-refractivity contribution in [3.05, 3.63) is 64.2 Å². The first-order valence-corrected chi connectivity index (χ1v) is 6.53. The molecule has 0 aliphatic rings. The monoisotopic (exact) mass is 304 g/mol. The lowest BCUT2D eigenvalue weighted by Crippen LogP contribution is -2.09. The molecule has 0 unspecified atom stereocenters. The van der Waals surface area contributed by atoms with Gasteiger partial charge in [0.1, 0.15) is 5.82 Å². The summed E-state index contributed by atoms with van der Waals surface area (Å²) in [6, 6.07) is 9.85. The molecule has 1 aromatic heterocycles. The average Bonchev–Trinajstić information content (AvgIpc) is 2.46. The van der Waals surface area contributed by atoms with Crippen molar-refractivity contribution in [1.29, 1.82) is 0 Å². The van der Waals surface area contributed by atoms with E-state index >= 15 is 0 Å². The number of nitrogens with zero attached hydrogens (tertiary/aromatic N) is 1. The summed E-state index contributed by atoms with van der Waals surface area (Å²) in [6.07, 6.45) is -4.40. The summed E-state index contributed by atoms with van der Waals surface area (Å²) in [7, 11) is 0. The number of benzene rings is 2. The zero-order valence-electron chi connectivity index (χ0n) is 11.5. The standard InChI is InChI=1S/C16H11F3N2O/c1-9-20-14-6-5-11(8-13(14)15(22)21-9)10-3-2-4-12(7-10)16(17,18)19/h2-8H,1H3,(H,20,21,22). The van der Waals surface area contributed by atoms with Gasteiger partial charge in [-0.05, 0) is 42.3 Å². The van der Waals surface area contributed by atoms with Gasteiger partial charge in [0, 0.05) is 0 Å². The van der Waals surface area contributed by atoms with E-state index in [1.165, 1.54) is 6.07 Å². The molecule has 6 heteroatoms. The molecule has 0 spiro atoms. The third kappa shape index (κ3) is 2.59. The minimum Gasteiger partial charge on any atom is -0.310 e. The third-order valence-corrected chi connectivity index (χ3v) is 3.35. The van der Waals surface area contributed by atoms with Crippen LogP contribution in [-0.4, -0.2) is 9.97 Å². The first kappa shape index (κ1) is 14.3. The van der Waals surface area contributed by atoms with Gasteiger partial charge in [0.2, 0.25) is 0 Å². The van der Waals surface area contributed by atoms with E-state index in [0.29, 0.717) is 27.9 Å². The fourth-order valence-electron chi connectivity index (χ4n) is 2.31. The summed E-state index contributed by atoms with van der Waals surface area (Å²) in [4.78, 5) is 18.7. The van der Waals surface area contributed by atoms with Gasteiger partial charge < -0.3 is 4.98 Å². The molecule has 2 aromatic carbocycles. The molecule has 0 aliphatic heterocycles. The molecule has 3 nitrogen and oxygen atoms in total. The Hall–Kier alpha value is -2.63. The summed E-state index contributed by atoms with van der Waals surface area (Å²) < 4.78 is 38.3. The third-order valence-electron chi connectivity index (χ3n) is 3.35. The van der Waals surface area contributed by atoms with Crippen LogP contribution in [0.1, 0.15) is 11.4 Å². The maximum absolute atomic E-state index is 12.8. The first-order chi connectivity index (χ1) is 10.3. The molecule has 1 N–H and O–H groups in total. The molecule has 3 aromatic rings. The summed E-state index contributed by atoms with van der Waals surface area (Å²) in [6.45, 7) is 1.67. The van der Waals surface area contributed by atoms with Crippen molar-refractivity contribution in [1.82, 2.24) is 9.97 Å². The van der Waals surface area contributed by atoms with Crippen LogP contribution in [0, 0.1) is 6.92 Å². The van der Waals surface area contributed by atoms with E-state index in [2.05, 4.69) is 9.97 Å². The molecule has 0 bridgehead atoms. The molecule has 0 saturated heterocycles. The summed E-state index contributed by atoms with van der Waals surface area (Å²) in [5.74, 6) is 0.490. The minimum atomic E-state index is -4.40. The normalized spacial score (nSPS) is 11.8. The summed E-state index contributed by atoms with van der Waals surface area (Å²) in [5, 5.41) is 0.348. The van der Waals surface area contributed by atoms with Gasteiger partial charge in [-0.2, -0.15) is 13.2 Å². The zero-order valence-corrected chi connectivity index (χ0v) is 11.5. The van der Waals surface area contributed by atoms with Crippen LogP contribution in [0.5, 0.6) is 0 Å². The smallest absolute Gasteiger partial charge is 0.310 e. The number of alkyl halides is 3. The second-order valence-corrected chi connectivity index (χ2v) is 4.96. The number of hydrogen-bond donors (Lipinski definition) is 1. The lowest BCUT2D eigenvalue weighted by molar-refractivity contribution is -0.137. The van der Waals surface area contributed by atoms with Gasteiger partial charge in [0.05, 0.1) is 16.5 Å². The SMILES string of the molecule is Cc1nc2ccc(-c3cccc(C(F)(F)F)c3)cc2c(=O)[nH]1.